The van der Waals surface area contributed by atoms with E-state index in [0.29, 0.717) is 12.1 Å². The maximum Gasteiger partial charge on any atom is 0.0620 e. The summed E-state index contributed by atoms with van der Waals surface area (Å²) in [5.41, 5.74) is 1.37. The Morgan fingerprint density at radius 3 is 3.00 bits per heavy atom. The van der Waals surface area contributed by atoms with Crippen molar-refractivity contribution in [3.63, 3.8) is 0 Å². The van der Waals surface area contributed by atoms with Crippen molar-refractivity contribution < 1.29 is 4.74 Å². The lowest BCUT2D eigenvalue weighted by Crippen LogP contribution is -2.45. The van der Waals surface area contributed by atoms with Crippen molar-refractivity contribution >= 4 is 0 Å². The first kappa shape index (κ1) is 12.7. The van der Waals surface area contributed by atoms with Crippen LogP contribution < -0.4 is 10.6 Å². The SMILES string of the molecule is CC(C)=CCNC(C)CC1COCCN1. The summed E-state index contributed by atoms with van der Waals surface area (Å²) in [5, 5.41) is 6.96. The molecule has 0 bridgehead atoms. The summed E-state index contributed by atoms with van der Waals surface area (Å²) in [5.74, 6) is 0. The minimum Gasteiger partial charge on any atom is -0.379 e. The van der Waals surface area contributed by atoms with Gasteiger partial charge in [-0.15, -0.1) is 0 Å². The van der Waals surface area contributed by atoms with E-state index in [2.05, 4.69) is 37.5 Å². The second-order valence-corrected chi connectivity index (χ2v) is 4.55. The topological polar surface area (TPSA) is 33.3 Å². The first-order valence-electron chi connectivity index (χ1n) is 5.86. The highest BCUT2D eigenvalue weighted by molar-refractivity contribution is 4.94. The summed E-state index contributed by atoms with van der Waals surface area (Å²) in [6.45, 7) is 10.2. The molecule has 0 aliphatic carbocycles. The molecule has 1 heterocycles. The molecule has 2 N–H and O–H groups in total. The van der Waals surface area contributed by atoms with Crippen LogP contribution in [0.5, 0.6) is 0 Å². The molecule has 0 aromatic heterocycles. The second kappa shape index (κ2) is 6.99. The average Bonchev–Trinajstić information content (AvgIpc) is 2.18. The molecule has 3 nitrogen and oxygen atoms in total. The first-order chi connectivity index (χ1) is 7.18. The second-order valence-electron chi connectivity index (χ2n) is 4.55. The average molecular weight is 212 g/mol. The quantitative estimate of drug-likeness (QED) is 0.674. The molecule has 15 heavy (non-hydrogen) atoms. The van der Waals surface area contributed by atoms with Crippen LogP contribution in [-0.2, 0) is 4.74 Å². The number of ether oxygens (including phenoxy) is 1. The molecule has 0 aromatic rings. The van der Waals surface area contributed by atoms with Crippen molar-refractivity contribution in [3.05, 3.63) is 11.6 Å². The van der Waals surface area contributed by atoms with E-state index in [1.54, 1.807) is 0 Å². The van der Waals surface area contributed by atoms with E-state index in [0.717, 1.165) is 32.7 Å². The van der Waals surface area contributed by atoms with Crippen molar-refractivity contribution in [2.75, 3.05) is 26.3 Å². The van der Waals surface area contributed by atoms with Crippen molar-refractivity contribution in [2.24, 2.45) is 0 Å². The Balaban J connectivity index is 2.11. The van der Waals surface area contributed by atoms with E-state index in [4.69, 9.17) is 4.74 Å². The molecule has 1 saturated heterocycles. The van der Waals surface area contributed by atoms with Gasteiger partial charge in [0.05, 0.1) is 13.2 Å². The normalized spacial score (nSPS) is 23.5. The van der Waals surface area contributed by atoms with Crippen LogP contribution in [0.25, 0.3) is 0 Å². The number of rotatable bonds is 5. The zero-order valence-electron chi connectivity index (χ0n) is 10.2. The summed E-state index contributed by atoms with van der Waals surface area (Å²) in [6, 6.07) is 1.06. The molecule has 0 amide bonds. The van der Waals surface area contributed by atoms with Crippen LogP contribution in [0.15, 0.2) is 11.6 Å². The van der Waals surface area contributed by atoms with Gasteiger partial charge >= 0.3 is 0 Å². The summed E-state index contributed by atoms with van der Waals surface area (Å²) in [7, 11) is 0. The summed E-state index contributed by atoms with van der Waals surface area (Å²) in [6.07, 6.45) is 3.36. The Kier molecular flexibility index (Phi) is 5.91. The van der Waals surface area contributed by atoms with Gasteiger partial charge in [-0.05, 0) is 27.2 Å². The van der Waals surface area contributed by atoms with Gasteiger partial charge in [0.25, 0.3) is 0 Å². The van der Waals surface area contributed by atoms with Crippen molar-refractivity contribution in [1.82, 2.24) is 10.6 Å². The molecule has 2 unspecified atom stereocenters. The van der Waals surface area contributed by atoms with E-state index in [1.165, 1.54) is 5.57 Å². The van der Waals surface area contributed by atoms with E-state index >= 15 is 0 Å². The van der Waals surface area contributed by atoms with E-state index in [1.807, 2.05) is 0 Å². The number of nitrogens with one attached hydrogen (secondary N) is 2. The third kappa shape index (κ3) is 5.92. The fourth-order valence-corrected chi connectivity index (χ4v) is 1.75. The lowest BCUT2D eigenvalue weighted by molar-refractivity contribution is 0.0714. The van der Waals surface area contributed by atoms with Crippen LogP contribution in [0.1, 0.15) is 27.2 Å². The monoisotopic (exact) mass is 212 g/mol. The summed E-state index contributed by atoms with van der Waals surface area (Å²) in [4.78, 5) is 0. The maximum absolute atomic E-state index is 5.42. The van der Waals surface area contributed by atoms with Crippen molar-refractivity contribution in [2.45, 2.75) is 39.3 Å². The third-order valence-electron chi connectivity index (χ3n) is 2.61. The van der Waals surface area contributed by atoms with Gasteiger partial charge in [-0.1, -0.05) is 11.6 Å². The largest absolute Gasteiger partial charge is 0.379 e. The highest BCUT2D eigenvalue weighted by Crippen LogP contribution is 2.02. The number of hydrogen-bond acceptors (Lipinski definition) is 3. The predicted molar refractivity (Wildman–Crippen MR) is 64.1 cm³/mol. The fourth-order valence-electron chi connectivity index (χ4n) is 1.75. The van der Waals surface area contributed by atoms with Crippen LogP contribution >= 0.6 is 0 Å². The Bertz CT molecular complexity index is 194. The predicted octanol–water partition coefficient (Wildman–Crippen LogP) is 1.31. The third-order valence-corrected chi connectivity index (χ3v) is 2.61. The Morgan fingerprint density at radius 2 is 2.40 bits per heavy atom. The Morgan fingerprint density at radius 1 is 1.60 bits per heavy atom. The smallest absolute Gasteiger partial charge is 0.0620 e. The number of allylic oxidation sites excluding steroid dienone is 1. The fraction of sp³-hybridized carbons (Fsp3) is 0.833. The Labute approximate surface area is 93.3 Å². The Hall–Kier alpha value is -0.380. The zero-order chi connectivity index (χ0) is 11.1. The highest BCUT2D eigenvalue weighted by atomic mass is 16.5. The maximum atomic E-state index is 5.42. The van der Waals surface area contributed by atoms with E-state index in [9.17, 15) is 0 Å². The van der Waals surface area contributed by atoms with Gasteiger partial charge in [-0.2, -0.15) is 0 Å². The molecule has 0 radical (unpaired) electrons. The molecule has 3 heteroatoms. The first-order valence-corrected chi connectivity index (χ1v) is 5.86. The van der Waals surface area contributed by atoms with Crippen LogP contribution in [0, 0.1) is 0 Å². The van der Waals surface area contributed by atoms with Crippen molar-refractivity contribution in [1.29, 1.82) is 0 Å². The molecular weight excluding hydrogens is 188 g/mol. The van der Waals surface area contributed by atoms with Crippen LogP contribution in [0.4, 0.5) is 0 Å². The van der Waals surface area contributed by atoms with Gasteiger partial charge in [0.1, 0.15) is 0 Å². The number of morpholine rings is 1. The molecule has 0 saturated carbocycles. The zero-order valence-corrected chi connectivity index (χ0v) is 10.2. The van der Waals surface area contributed by atoms with Gasteiger partial charge in [0.15, 0.2) is 0 Å². The van der Waals surface area contributed by atoms with E-state index in [-0.39, 0.29) is 0 Å². The summed E-state index contributed by atoms with van der Waals surface area (Å²) < 4.78 is 5.42. The lowest BCUT2D eigenvalue weighted by atomic mass is 10.1. The van der Waals surface area contributed by atoms with Crippen LogP contribution in [-0.4, -0.2) is 38.4 Å². The minimum atomic E-state index is 0.521. The van der Waals surface area contributed by atoms with Crippen LogP contribution in [0.3, 0.4) is 0 Å². The van der Waals surface area contributed by atoms with Gasteiger partial charge < -0.3 is 15.4 Å². The lowest BCUT2D eigenvalue weighted by Gasteiger charge is -2.26. The molecule has 2 atom stereocenters. The molecule has 1 aliphatic heterocycles. The van der Waals surface area contributed by atoms with Gasteiger partial charge in [-0.25, -0.2) is 0 Å². The van der Waals surface area contributed by atoms with Crippen molar-refractivity contribution in [3.8, 4) is 0 Å². The highest BCUT2D eigenvalue weighted by Gasteiger charge is 2.15. The molecule has 1 fully saturated rings. The van der Waals surface area contributed by atoms with Gasteiger partial charge in [0.2, 0.25) is 0 Å². The molecule has 88 valence electrons. The summed E-state index contributed by atoms with van der Waals surface area (Å²) >= 11 is 0. The number of hydrogen-bond donors (Lipinski definition) is 2. The molecule has 1 rings (SSSR count). The van der Waals surface area contributed by atoms with Gasteiger partial charge in [-0.3, -0.25) is 0 Å². The van der Waals surface area contributed by atoms with Crippen LogP contribution in [0.2, 0.25) is 0 Å². The molecular formula is C12H24N2O. The van der Waals surface area contributed by atoms with Gasteiger partial charge in [0, 0.05) is 25.2 Å². The standard InChI is InChI=1S/C12H24N2O/c1-10(2)4-5-13-11(3)8-12-9-15-7-6-14-12/h4,11-14H,5-9H2,1-3H3. The minimum absolute atomic E-state index is 0.521. The molecule has 1 aliphatic rings. The molecule has 0 spiro atoms. The van der Waals surface area contributed by atoms with E-state index < -0.39 is 0 Å². The molecule has 0 aromatic carbocycles.